The van der Waals surface area contributed by atoms with E-state index in [0.29, 0.717) is 30.1 Å². The van der Waals surface area contributed by atoms with E-state index in [9.17, 15) is 4.79 Å². The average molecular weight is 199 g/mol. The molecule has 1 aliphatic rings. The van der Waals surface area contributed by atoms with Crippen LogP contribution in [0.1, 0.15) is 42.7 Å². The van der Waals surface area contributed by atoms with Crippen LogP contribution in [0.15, 0.2) is 24.3 Å². The molecule has 0 atom stereocenters. The van der Waals surface area contributed by atoms with Crippen molar-refractivity contribution in [2.45, 2.75) is 31.6 Å². The summed E-state index contributed by atoms with van der Waals surface area (Å²) in [5.41, 5.74) is 1.92. The Kier molecular flexibility index (Phi) is 2.82. The highest BCUT2D eigenvalue weighted by Gasteiger charge is 2.20. The first-order valence-corrected chi connectivity index (χ1v) is 5.31. The van der Waals surface area contributed by atoms with Gasteiger partial charge < -0.3 is 0 Å². The van der Waals surface area contributed by atoms with Crippen molar-refractivity contribution in [3.8, 4) is 6.07 Å². The van der Waals surface area contributed by atoms with Gasteiger partial charge in [0.15, 0.2) is 0 Å². The number of carbonyl (C=O) groups excluding carboxylic acids is 1. The number of hydrogen-bond acceptors (Lipinski definition) is 2. The summed E-state index contributed by atoms with van der Waals surface area (Å²) in [6.45, 7) is 0. The van der Waals surface area contributed by atoms with E-state index in [1.54, 1.807) is 0 Å². The van der Waals surface area contributed by atoms with Gasteiger partial charge in [0.1, 0.15) is 5.78 Å². The van der Waals surface area contributed by atoms with Crippen LogP contribution in [-0.4, -0.2) is 5.78 Å². The Morgan fingerprint density at radius 2 is 2.00 bits per heavy atom. The lowest BCUT2D eigenvalue weighted by molar-refractivity contribution is -0.120. The summed E-state index contributed by atoms with van der Waals surface area (Å²) in [6, 6.07) is 9.89. The molecule has 0 aliphatic heterocycles. The van der Waals surface area contributed by atoms with E-state index >= 15 is 0 Å². The Labute approximate surface area is 89.5 Å². The Balaban J connectivity index is 2.16. The minimum atomic E-state index is 0.377. The monoisotopic (exact) mass is 199 g/mol. The molecule has 1 saturated carbocycles. The lowest BCUT2D eigenvalue weighted by Gasteiger charge is -2.21. The van der Waals surface area contributed by atoms with E-state index in [4.69, 9.17) is 5.26 Å². The fourth-order valence-corrected chi connectivity index (χ4v) is 2.14. The van der Waals surface area contributed by atoms with Gasteiger partial charge in [0.25, 0.3) is 0 Å². The van der Waals surface area contributed by atoms with Gasteiger partial charge in [-0.25, -0.2) is 0 Å². The maximum absolute atomic E-state index is 11.1. The van der Waals surface area contributed by atoms with E-state index < -0.39 is 0 Å². The lowest BCUT2D eigenvalue weighted by atomic mass is 9.83. The van der Waals surface area contributed by atoms with Crippen molar-refractivity contribution < 1.29 is 4.79 Å². The number of carbonyl (C=O) groups is 1. The Bertz CT molecular complexity index is 407. The highest BCUT2D eigenvalue weighted by Crippen LogP contribution is 2.31. The zero-order valence-corrected chi connectivity index (χ0v) is 8.57. The highest BCUT2D eigenvalue weighted by molar-refractivity contribution is 5.79. The van der Waals surface area contributed by atoms with Crippen molar-refractivity contribution in [3.05, 3.63) is 35.4 Å². The topological polar surface area (TPSA) is 40.9 Å². The molecule has 2 nitrogen and oxygen atoms in total. The average Bonchev–Trinajstić information content (AvgIpc) is 2.30. The van der Waals surface area contributed by atoms with Crippen LogP contribution in [0, 0.1) is 11.3 Å². The molecule has 1 aromatic carbocycles. The number of rotatable bonds is 1. The third kappa shape index (κ3) is 2.24. The van der Waals surface area contributed by atoms with E-state index in [1.165, 1.54) is 5.56 Å². The molecule has 2 rings (SSSR count). The number of hydrogen-bond donors (Lipinski definition) is 0. The molecule has 1 fully saturated rings. The maximum atomic E-state index is 11.1. The molecule has 0 saturated heterocycles. The second kappa shape index (κ2) is 4.27. The molecule has 0 N–H and O–H groups in total. The van der Waals surface area contributed by atoms with E-state index in [1.807, 2.05) is 18.2 Å². The summed E-state index contributed by atoms with van der Waals surface area (Å²) >= 11 is 0. The number of ketones is 1. The Morgan fingerprint density at radius 1 is 1.27 bits per heavy atom. The van der Waals surface area contributed by atoms with Crippen LogP contribution in [-0.2, 0) is 4.79 Å². The van der Waals surface area contributed by atoms with Crippen LogP contribution >= 0.6 is 0 Å². The van der Waals surface area contributed by atoms with Crippen molar-refractivity contribution >= 4 is 5.78 Å². The second-order valence-corrected chi connectivity index (χ2v) is 4.05. The van der Waals surface area contributed by atoms with Crippen molar-refractivity contribution in [1.82, 2.24) is 0 Å². The smallest absolute Gasteiger partial charge is 0.132 e. The first-order valence-electron chi connectivity index (χ1n) is 5.31. The molecule has 2 heteroatoms. The molecule has 0 heterocycles. The number of Topliss-reactive ketones (excluding diaryl/α,β-unsaturated/α-hetero) is 1. The summed E-state index contributed by atoms with van der Waals surface area (Å²) in [5.74, 6) is 0.846. The molecule has 0 spiro atoms. The molecule has 0 bridgehead atoms. The van der Waals surface area contributed by atoms with Crippen LogP contribution < -0.4 is 0 Å². The predicted octanol–water partition coefficient (Wildman–Crippen LogP) is 2.78. The summed E-state index contributed by atoms with van der Waals surface area (Å²) in [7, 11) is 0. The first kappa shape index (κ1) is 9.92. The molecule has 0 radical (unpaired) electrons. The van der Waals surface area contributed by atoms with Crippen molar-refractivity contribution in [1.29, 1.82) is 5.26 Å². The summed E-state index contributed by atoms with van der Waals surface area (Å²) in [6.07, 6.45) is 3.27. The minimum Gasteiger partial charge on any atom is -0.300 e. The minimum absolute atomic E-state index is 0.377. The fourth-order valence-electron chi connectivity index (χ4n) is 2.14. The van der Waals surface area contributed by atoms with Gasteiger partial charge in [-0.15, -0.1) is 0 Å². The molecular formula is C13H13NO. The maximum Gasteiger partial charge on any atom is 0.132 e. The molecule has 1 aliphatic carbocycles. The van der Waals surface area contributed by atoms with Gasteiger partial charge in [0.05, 0.1) is 11.6 Å². The van der Waals surface area contributed by atoms with E-state index in [2.05, 4.69) is 12.1 Å². The predicted molar refractivity (Wildman–Crippen MR) is 57.4 cm³/mol. The molecular weight excluding hydrogens is 186 g/mol. The standard InChI is InChI=1S/C13H13NO/c14-9-10-2-1-3-12(8-10)11-4-6-13(15)7-5-11/h1-3,8,11H,4-7H2. The molecule has 0 aromatic heterocycles. The third-order valence-corrected chi connectivity index (χ3v) is 3.03. The van der Waals surface area contributed by atoms with Gasteiger partial charge in [-0.05, 0) is 36.5 Å². The number of nitrogens with zero attached hydrogens (tertiary/aromatic N) is 1. The van der Waals surface area contributed by atoms with Crippen molar-refractivity contribution in [3.63, 3.8) is 0 Å². The van der Waals surface area contributed by atoms with Gasteiger partial charge in [-0.1, -0.05) is 12.1 Å². The van der Waals surface area contributed by atoms with Gasteiger partial charge in [0.2, 0.25) is 0 Å². The fraction of sp³-hybridized carbons (Fsp3) is 0.385. The van der Waals surface area contributed by atoms with Crippen LogP contribution in [0.4, 0.5) is 0 Å². The third-order valence-electron chi connectivity index (χ3n) is 3.03. The van der Waals surface area contributed by atoms with Gasteiger partial charge >= 0.3 is 0 Å². The van der Waals surface area contributed by atoms with Crippen LogP contribution in [0.5, 0.6) is 0 Å². The van der Waals surface area contributed by atoms with Crippen LogP contribution in [0.25, 0.3) is 0 Å². The SMILES string of the molecule is N#Cc1cccc(C2CCC(=O)CC2)c1. The zero-order valence-electron chi connectivity index (χ0n) is 8.57. The quantitative estimate of drug-likeness (QED) is 0.697. The van der Waals surface area contributed by atoms with Gasteiger partial charge in [-0.2, -0.15) is 5.26 Å². The summed E-state index contributed by atoms with van der Waals surface area (Å²) in [5, 5.41) is 8.80. The van der Waals surface area contributed by atoms with Gasteiger partial charge in [-0.3, -0.25) is 4.79 Å². The number of nitriles is 1. The van der Waals surface area contributed by atoms with Crippen LogP contribution in [0.3, 0.4) is 0 Å². The van der Waals surface area contributed by atoms with Crippen LogP contribution in [0.2, 0.25) is 0 Å². The molecule has 15 heavy (non-hydrogen) atoms. The second-order valence-electron chi connectivity index (χ2n) is 4.05. The zero-order chi connectivity index (χ0) is 10.7. The first-order chi connectivity index (χ1) is 7.29. The molecule has 1 aromatic rings. The molecule has 0 unspecified atom stereocenters. The van der Waals surface area contributed by atoms with E-state index in [-0.39, 0.29) is 0 Å². The molecule has 0 amide bonds. The molecule has 76 valence electrons. The highest BCUT2D eigenvalue weighted by atomic mass is 16.1. The van der Waals surface area contributed by atoms with Crippen molar-refractivity contribution in [2.75, 3.05) is 0 Å². The summed E-state index contributed by atoms with van der Waals surface area (Å²) in [4.78, 5) is 11.1. The normalized spacial score (nSPS) is 17.4. The van der Waals surface area contributed by atoms with E-state index in [0.717, 1.165) is 12.8 Å². The largest absolute Gasteiger partial charge is 0.300 e. The van der Waals surface area contributed by atoms with Gasteiger partial charge in [0, 0.05) is 12.8 Å². The lowest BCUT2D eigenvalue weighted by Crippen LogP contribution is -2.12. The number of benzene rings is 1. The van der Waals surface area contributed by atoms with Crippen molar-refractivity contribution in [2.24, 2.45) is 0 Å². The Hall–Kier alpha value is -1.62. The Morgan fingerprint density at radius 3 is 2.67 bits per heavy atom. The summed E-state index contributed by atoms with van der Waals surface area (Å²) < 4.78 is 0.